The summed E-state index contributed by atoms with van der Waals surface area (Å²) in [5.74, 6) is -2.54. The van der Waals surface area contributed by atoms with E-state index in [1.807, 2.05) is 19.9 Å². The van der Waals surface area contributed by atoms with E-state index in [1.54, 1.807) is 19.9 Å². The second-order valence-electron chi connectivity index (χ2n) is 10.5. The fraction of sp³-hybridized carbons (Fsp3) is 0.720. The maximum atomic E-state index is 17.2. The van der Waals surface area contributed by atoms with Crippen molar-refractivity contribution in [1.29, 1.82) is 0 Å². The first-order valence-corrected chi connectivity index (χ1v) is 12.1. The molecule has 4 aliphatic carbocycles. The zero-order valence-electron chi connectivity index (χ0n) is 19.1. The summed E-state index contributed by atoms with van der Waals surface area (Å²) in [6.45, 7) is 7.12. The maximum absolute atomic E-state index is 17.2. The Morgan fingerprint density at radius 1 is 1.31 bits per heavy atom. The Balaban J connectivity index is 1.86. The smallest absolute Gasteiger partial charge is 0.306 e. The fourth-order valence-electron chi connectivity index (χ4n) is 7.66. The largest absolute Gasteiger partial charge is 0.450 e. The number of halogens is 2. The molecule has 0 spiro atoms. The van der Waals surface area contributed by atoms with Crippen LogP contribution in [0.25, 0.3) is 0 Å². The molecule has 0 amide bonds. The van der Waals surface area contributed by atoms with E-state index < -0.39 is 45.9 Å². The van der Waals surface area contributed by atoms with E-state index in [0.717, 1.165) is 0 Å². The lowest BCUT2D eigenvalue weighted by Gasteiger charge is -2.62. The molecular weight excluding hydrogens is 435 g/mol. The van der Waals surface area contributed by atoms with Crippen molar-refractivity contribution < 1.29 is 28.6 Å². The summed E-state index contributed by atoms with van der Waals surface area (Å²) in [5.41, 5.74) is -4.85. The molecular formula is C25H32ClFO5. The molecule has 8 unspecified atom stereocenters. The van der Waals surface area contributed by atoms with Gasteiger partial charge in [0.15, 0.2) is 22.8 Å². The molecule has 0 aromatic rings. The SMILES string of the molecule is CCC(=O)OC1(C(=O)CCl)C(C)CC2C3CC=C4CC(=O)C=CC4(C)C3(F)C(O)CC21C. The molecule has 0 radical (unpaired) electrons. The molecule has 4 aliphatic rings. The van der Waals surface area contributed by atoms with Gasteiger partial charge < -0.3 is 9.84 Å². The molecule has 0 aromatic heterocycles. The number of esters is 1. The highest BCUT2D eigenvalue weighted by atomic mass is 35.5. The predicted molar refractivity (Wildman–Crippen MR) is 118 cm³/mol. The van der Waals surface area contributed by atoms with Crippen molar-refractivity contribution in [1.82, 2.24) is 0 Å². The van der Waals surface area contributed by atoms with Crippen LogP contribution >= 0.6 is 11.6 Å². The van der Waals surface area contributed by atoms with Crippen molar-refractivity contribution in [3.05, 3.63) is 23.8 Å². The molecule has 0 aromatic carbocycles. The van der Waals surface area contributed by atoms with Crippen LogP contribution in [0.4, 0.5) is 4.39 Å². The minimum atomic E-state index is -1.99. The molecule has 0 aliphatic heterocycles. The van der Waals surface area contributed by atoms with Gasteiger partial charge in [-0.15, -0.1) is 11.6 Å². The number of allylic oxidation sites excluding steroid dienone is 4. The van der Waals surface area contributed by atoms with Gasteiger partial charge in [0.25, 0.3) is 0 Å². The van der Waals surface area contributed by atoms with Crippen molar-refractivity contribution in [2.45, 2.75) is 77.2 Å². The topological polar surface area (TPSA) is 80.7 Å². The number of hydrogen-bond acceptors (Lipinski definition) is 5. The number of fused-ring (bicyclic) bond motifs is 5. The standard InChI is InChI=1S/C25H32ClFO5/c1-5-21(31)32-25(20(30)13-26)14(2)10-18-17-7-6-15-11-16(28)8-9-22(15,3)24(17,27)19(29)12-23(18,25)4/h6,8-9,14,17-19,29H,5,7,10-13H2,1-4H3. The zero-order valence-corrected chi connectivity index (χ0v) is 19.9. The maximum Gasteiger partial charge on any atom is 0.306 e. The molecule has 0 heterocycles. The Kier molecular flexibility index (Phi) is 5.53. The average molecular weight is 467 g/mol. The molecule has 176 valence electrons. The Morgan fingerprint density at radius 3 is 2.62 bits per heavy atom. The van der Waals surface area contributed by atoms with Crippen LogP contribution in [-0.4, -0.2) is 45.9 Å². The highest BCUT2D eigenvalue weighted by Crippen LogP contribution is 2.71. The highest BCUT2D eigenvalue weighted by Gasteiger charge is 2.76. The number of carbonyl (C=O) groups is 3. The Bertz CT molecular complexity index is 929. The van der Waals surface area contributed by atoms with Crippen LogP contribution in [0.1, 0.15) is 59.8 Å². The molecule has 32 heavy (non-hydrogen) atoms. The third-order valence-electron chi connectivity index (χ3n) is 9.24. The zero-order chi connectivity index (χ0) is 23.7. The van der Waals surface area contributed by atoms with E-state index >= 15 is 4.39 Å². The van der Waals surface area contributed by atoms with E-state index in [2.05, 4.69) is 0 Å². The monoisotopic (exact) mass is 466 g/mol. The first-order chi connectivity index (χ1) is 14.9. The van der Waals surface area contributed by atoms with Gasteiger partial charge >= 0.3 is 5.97 Å². The summed E-state index contributed by atoms with van der Waals surface area (Å²) >= 11 is 6.01. The van der Waals surface area contributed by atoms with Crippen LogP contribution in [0.2, 0.25) is 0 Å². The number of ether oxygens (including phenoxy) is 1. The van der Waals surface area contributed by atoms with Crippen LogP contribution in [-0.2, 0) is 19.1 Å². The lowest BCUT2D eigenvalue weighted by atomic mass is 9.45. The Hall–Kier alpha value is -1.53. The number of alkyl halides is 2. The van der Waals surface area contributed by atoms with Crippen LogP contribution < -0.4 is 0 Å². The Labute approximate surface area is 193 Å². The lowest BCUT2D eigenvalue weighted by molar-refractivity contribution is -0.223. The number of aliphatic hydroxyl groups is 1. The summed E-state index contributed by atoms with van der Waals surface area (Å²) in [6, 6.07) is 0. The van der Waals surface area contributed by atoms with E-state index in [-0.39, 0.29) is 42.8 Å². The minimum absolute atomic E-state index is 0.0285. The first kappa shape index (κ1) is 23.6. The molecule has 4 rings (SSSR count). The van der Waals surface area contributed by atoms with Crippen LogP contribution in [0.5, 0.6) is 0 Å². The quantitative estimate of drug-likeness (QED) is 0.383. The number of hydrogen-bond donors (Lipinski definition) is 1. The number of rotatable bonds is 4. The predicted octanol–water partition coefficient (Wildman–Crippen LogP) is 4.10. The summed E-state index contributed by atoms with van der Waals surface area (Å²) in [7, 11) is 0. The van der Waals surface area contributed by atoms with Crippen molar-refractivity contribution in [2.24, 2.45) is 28.6 Å². The van der Waals surface area contributed by atoms with E-state index in [1.165, 1.54) is 6.08 Å². The summed E-state index contributed by atoms with van der Waals surface area (Å²) in [5, 5.41) is 11.4. The third kappa shape index (κ3) is 2.68. The molecule has 1 N–H and O–H groups in total. The minimum Gasteiger partial charge on any atom is -0.450 e. The molecule has 7 heteroatoms. The van der Waals surface area contributed by atoms with Gasteiger partial charge in [0.2, 0.25) is 0 Å². The van der Waals surface area contributed by atoms with Crippen molar-refractivity contribution in [3.63, 3.8) is 0 Å². The third-order valence-corrected chi connectivity index (χ3v) is 9.49. The molecule has 5 nitrogen and oxygen atoms in total. The lowest BCUT2D eigenvalue weighted by Crippen LogP contribution is -2.69. The van der Waals surface area contributed by atoms with Gasteiger partial charge in [-0.1, -0.05) is 38.5 Å². The molecule has 8 atom stereocenters. The number of ketones is 2. The summed E-state index contributed by atoms with van der Waals surface area (Å²) in [4.78, 5) is 37.7. The van der Waals surface area contributed by atoms with Gasteiger partial charge in [-0.25, -0.2) is 4.39 Å². The molecule has 0 saturated heterocycles. The van der Waals surface area contributed by atoms with Gasteiger partial charge in [-0.2, -0.15) is 0 Å². The van der Waals surface area contributed by atoms with Crippen molar-refractivity contribution >= 4 is 29.1 Å². The van der Waals surface area contributed by atoms with Crippen LogP contribution in [0.3, 0.4) is 0 Å². The fourth-order valence-corrected chi connectivity index (χ4v) is 7.85. The van der Waals surface area contributed by atoms with Gasteiger partial charge in [0.1, 0.15) is 0 Å². The highest BCUT2D eigenvalue weighted by molar-refractivity contribution is 6.29. The summed E-state index contributed by atoms with van der Waals surface area (Å²) < 4.78 is 23.1. The number of carbonyl (C=O) groups excluding carboxylic acids is 3. The van der Waals surface area contributed by atoms with E-state index in [0.29, 0.717) is 18.4 Å². The van der Waals surface area contributed by atoms with Crippen molar-refractivity contribution in [2.75, 3.05) is 5.88 Å². The first-order valence-electron chi connectivity index (χ1n) is 11.5. The Morgan fingerprint density at radius 2 is 2.00 bits per heavy atom. The van der Waals surface area contributed by atoms with Gasteiger partial charge in [-0.3, -0.25) is 14.4 Å². The van der Waals surface area contributed by atoms with Crippen molar-refractivity contribution in [3.8, 4) is 0 Å². The van der Waals surface area contributed by atoms with Crippen LogP contribution in [0.15, 0.2) is 23.8 Å². The van der Waals surface area contributed by atoms with Gasteiger partial charge in [0.05, 0.1) is 12.0 Å². The second kappa shape index (κ2) is 7.49. The van der Waals surface area contributed by atoms with E-state index in [9.17, 15) is 19.5 Å². The normalized spacial score (nSPS) is 47.2. The summed E-state index contributed by atoms with van der Waals surface area (Å²) in [6.07, 6.45) is 4.65. The van der Waals surface area contributed by atoms with E-state index in [4.69, 9.17) is 16.3 Å². The van der Waals surface area contributed by atoms with Crippen LogP contribution in [0, 0.1) is 28.6 Å². The number of Topliss-reactive ketones (excluding diaryl/α,β-unsaturated/α-hetero) is 1. The van der Waals surface area contributed by atoms with Gasteiger partial charge in [0, 0.05) is 35.5 Å². The molecule has 0 bridgehead atoms. The van der Waals surface area contributed by atoms with Gasteiger partial charge in [-0.05, 0) is 38.2 Å². The molecule has 2 fully saturated rings. The second-order valence-corrected chi connectivity index (χ2v) is 10.8. The molecule has 2 saturated carbocycles. The number of aliphatic hydroxyl groups excluding tert-OH is 1. The average Bonchev–Trinajstić information content (AvgIpc) is 2.96.